The number of benzene rings is 1. The fraction of sp³-hybridized carbons (Fsp3) is 0.632. The van der Waals surface area contributed by atoms with Crippen molar-refractivity contribution in [3.63, 3.8) is 0 Å². The van der Waals surface area contributed by atoms with Crippen LogP contribution in [0.15, 0.2) is 24.3 Å². The molecule has 1 unspecified atom stereocenters. The minimum atomic E-state index is -0.643. The van der Waals surface area contributed by atoms with Crippen LogP contribution in [-0.2, 0) is 6.42 Å². The van der Waals surface area contributed by atoms with Crippen molar-refractivity contribution in [2.45, 2.75) is 51.2 Å². The predicted molar refractivity (Wildman–Crippen MR) is 91.6 cm³/mol. The van der Waals surface area contributed by atoms with E-state index < -0.39 is 5.60 Å². The van der Waals surface area contributed by atoms with E-state index >= 15 is 0 Å². The summed E-state index contributed by atoms with van der Waals surface area (Å²) in [5, 5.41) is 9.80. The minimum Gasteiger partial charge on any atom is -0.390 e. The lowest BCUT2D eigenvalue weighted by Crippen LogP contribution is -2.52. The Hall–Kier alpha value is -1.39. The molecule has 4 nitrogen and oxygen atoms in total. The topological polar surface area (TPSA) is 43.8 Å². The molecule has 2 fully saturated rings. The van der Waals surface area contributed by atoms with Crippen LogP contribution in [-0.4, -0.2) is 58.6 Å². The highest BCUT2D eigenvalue weighted by molar-refractivity contribution is 5.94. The predicted octanol–water partition coefficient (Wildman–Crippen LogP) is 2.31. The summed E-state index contributed by atoms with van der Waals surface area (Å²) in [6, 6.07) is 8.47. The van der Waals surface area contributed by atoms with Crippen LogP contribution in [0.2, 0.25) is 0 Å². The van der Waals surface area contributed by atoms with Crippen molar-refractivity contribution < 1.29 is 9.90 Å². The molecule has 1 amide bonds. The van der Waals surface area contributed by atoms with E-state index in [1.165, 1.54) is 24.9 Å². The Morgan fingerprint density at radius 1 is 1.22 bits per heavy atom. The van der Waals surface area contributed by atoms with Crippen LogP contribution < -0.4 is 0 Å². The summed E-state index contributed by atoms with van der Waals surface area (Å²) in [5.41, 5.74) is 1.31. The number of fused-ring (bicyclic) bond motifs is 1. The number of rotatable bonds is 4. The second-order valence-corrected chi connectivity index (χ2v) is 7.59. The molecule has 0 aliphatic carbocycles. The summed E-state index contributed by atoms with van der Waals surface area (Å²) in [6.07, 6.45) is 4.05. The van der Waals surface area contributed by atoms with E-state index in [1.54, 1.807) is 0 Å². The lowest BCUT2D eigenvalue weighted by molar-refractivity contribution is 0.0571. The van der Waals surface area contributed by atoms with Gasteiger partial charge in [-0.1, -0.05) is 12.1 Å². The van der Waals surface area contributed by atoms with Gasteiger partial charge in [-0.05, 0) is 63.8 Å². The normalized spacial score (nSPS) is 22.2. The number of carbonyl (C=O) groups excluding carboxylic acids is 1. The van der Waals surface area contributed by atoms with Gasteiger partial charge in [-0.25, -0.2) is 0 Å². The number of hydrogen-bond acceptors (Lipinski definition) is 3. The number of carbonyl (C=O) groups is 1. The maximum Gasteiger partial charge on any atom is 0.253 e. The van der Waals surface area contributed by atoms with Crippen molar-refractivity contribution in [2.75, 3.05) is 26.2 Å². The third-order valence-corrected chi connectivity index (χ3v) is 5.10. The van der Waals surface area contributed by atoms with Gasteiger partial charge in [-0.15, -0.1) is 0 Å². The van der Waals surface area contributed by atoms with E-state index in [4.69, 9.17) is 0 Å². The molecular formula is C19H28N2O2. The van der Waals surface area contributed by atoms with Gasteiger partial charge in [-0.2, -0.15) is 0 Å². The van der Waals surface area contributed by atoms with Gasteiger partial charge in [0.25, 0.3) is 5.91 Å². The zero-order valence-corrected chi connectivity index (χ0v) is 14.3. The van der Waals surface area contributed by atoms with Crippen molar-refractivity contribution in [1.82, 2.24) is 9.80 Å². The fourth-order valence-corrected chi connectivity index (χ4v) is 3.62. The second kappa shape index (κ2) is 6.62. The Kier molecular flexibility index (Phi) is 4.74. The Bertz CT molecular complexity index is 547. The first-order chi connectivity index (χ1) is 10.9. The molecule has 2 heterocycles. The van der Waals surface area contributed by atoms with Crippen molar-refractivity contribution in [3.8, 4) is 0 Å². The first-order valence-electron chi connectivity index (χ1n) is 8.77. The number of aliphatic hydroxyl groups is 1. The summed E-state index contributed by atoms with van der Waals surface area (Å²) < 4.78 is 0. The van der Waals surface area contributed by atoms with Gasteiger partial charge in [0, 0.05) is 31.2 Å². The van der Waals surface area contributed by atoms with E-state index in [0.717, 1.165) is 38.0 Å². The SMILES string of the molecule is CC(C)(O)CCc1ccc(C(=O)N2CCN3CCCC3C2)cc1. The van der Waals surface area contributed by atoms with E-state index in [0.29, 0.717) is 6.04 Å². The molecule has 3 rings (SSSR count). The van der Waals surface area contributed by atoms with Crippen molar-refractivity contribution >= 4 is 5.91 Å². The van der Waals surface area contributed by atoms with Crippen LogP contribution in [0.4, 0.5) is 0 Å². The van der Waals surface area contributed by atoms with Gasteiger partial charge in [0.2, 0.25) is 0 Å². The molecule has 0 aromatic heterocycles. The molecule has 0 bridgehead atoms. The zero-order valence-electron chi connectivity index (χ0n) is 14.3. The fourth-order valence-electron chi connectivity index (χ4n) is 3.62. The number of piperazine rings is 1. The molecule has 0 radical (unpaired) electrons. The standard InChI is InChI=1S/C19H28N2O2/c1-19(2,23)10-9-15-5-7-16(8-6-15)18(22)21-13-12-20-11-3-4-17(20)14-21/h5-8,17,23H,3-4,9-14H2,1-2H3. The quantitative estimate of drug-likeness (QED) is 0.927. The molecule has 23 heavy (non-hydrogen) atoms. The second-order valence-electron chi connectivity index (χ2n) is 7.59. The van der Waals surface area contributed by atoms with Crippen LogP contribution >= 0.6 is 0 Å². The van der Waals surface area contributed by atoms with Gasteiger partial charge in [0.05, 0.1) is 5.60 Å². The molecule has 1 aromatic carbocycles. The van der Waals surface area contributed by atoms with Crippen LogP contribution in [0.5, 0.6) is 0 Å². The monoisotopic (exact) mass is 316 g/mol. The first kappa shape index (κ1) is 16.5. The summed E-state index contributed by atoms with van der Waals surface area (Å²) in [5.74, 6) is 0.158. The molecule has 1 N–H and O–H groups in total. The van der Waals surface area contributed by atoms with Crippen LogP contribution in [0.1, 0.15) is 49.0 Å². The average Bonchev–Trinajstić information content (AvgIpc) is 2.99. The molecule has 2 aliphatic heterocycles. The van der Waals surface area contributed by atoms with Crippen molar-refractivity contribution in [2.24, 2.45) is 0 Å². The van der Waals surface area contributed by atoms with Gasteiger partial charge >= 0.3 is 0 Å². The van der Waals surface area contributed by atoms with E-state index in [-0.39, 0.29) is 5.91 Å². The highest BCUT2D eigenvalue weighted by Crippen LogP contribution is 2.23. The maximum absolute atomic E-state index is 12.7. The lowest BCUT2D eigenvalue weighted by Gasteiger charge is -2.37. The molecule has 2 saturated heterocycles. The highest BCUT2D eigenvalue weighted by atomic mass is 16.3. The summed E-state index contributed by atoms with van der Waals surface area (Å²) in [7, 11) is 0. The van der Waals surface area contributed by atoms with Crippen molar-refractivity contribution in [3.05, 3.63) is 35.4 Å². The van der Waals surface area contributed by atoms with Gasteiger partial charge < -0.3 is 10.0 Å². The molecule has 1 atom stereocenters. The van der Waals surface area contributed by atoms with Gasteiger partial charge in [-0.3, -0.25) is 9.69 Å². The van der Waals surface area contributed by atoms with Crippen LogP contribution in [0, 0.1) is 0 Å². The number of hydrogen-bond donors (Lipinski definition) is 1. The van der Waals surface area contributed by atoms with Gasteiger partial charge in [0.1, 0.15) is 0 Å². The van der Waals surface area contributed by atoms with Gasteiger partial charge in [0.15, 0.2) is 0 Å². The molecule has 0 spiro atoms. The maximum atomic E-state index is 12.7. The van der Waals surface area contributed by atoms with E-state index in [2.05, 4.69) is 4.90 Å². The largest absolute Gasteiger partial charge is 0.390 e. The molecule has 4 heteroatoms. The Labute approximate surface area is 139 Å². The van der Waals surface area contributed by atoms with Crippen LogP contribution in [0.3, 0.4) is 0 Å². The number of amides is 1. The third-order valence-electron chi connectivity index (χ3n) is 5.10. The van der Waals surface area contributed by atoms with Crippen LogP contribution in [0.25, 0.3) is 0 Å². The van der Waals surface area contributed by atoms with E-state index in [1.807, 2.05) is 43.0 Å². The lowest BCUT2D eigenvalue weighted by atomic mass is 9.98. The smallest absolute Gasteiger partial charge is 0.253 e. The summed E-state index contributed by atoms with van der Waals surface area (Å²) >= 11 is 0. The Morgan fingerprint density at radius 2 is 1.96 bits per heavy atom. The minimum absolute atomic E-state index is 0.158. The average molecular weight is 316 g/mol. The first-order valence-corrected chi connectivity index (χ1v) is 8.77. The molecule has 2 aliphatic rings. The zero-order chi connectivity index (χ0) is 16.4. The summed E-state index contributed by atoms with van der Waals surface area (Å²) in [6.45, 7) is 7.58. The molecule has 126 valence electrons. The summed E-state index contributed by atoms with van der Waals surface area (Å²) in [4.78, 5) is 17.2. The Balaban J connectivity index is 1.59. The van der Waals surface area contributed by atoms with E-state index in [9.17, 15) is 9.90 Å². The van der Waals surface area contributed by atoms with Crippen molar-refractivity contribution in [1.29, 1.82) is 0 Å². The Morgan fingerprint density at radius 3 is 2.65 bits per heavy atom. The molecular weight excluding hydrogens is 288 g/mol. The number of nitrogens with zero attached hydrogens (tertiary/aromatic N) is 2. The highest BCUT2D eigenvalue weighted by Gasteiger charge is 2.32. The molecule has 0 saturated carbocycles. The molecule has 1 aromatic rings. The third kappa shape index (κ3) is 4.12. The number of aryl methyl sites for hydroxylation is 1.